The largest absolute Gasteiger partial charge is 0.390 e. The van der Waals surface area contributed by atoms with Crippen LogP contribution in [0.25, 0.3) is 10.9 Å². The van der Waals surface area contributed by atoms with E-state index in [1.54, 1.807) is 11.0 Å². The molecule has 0 aliphatic carbocycles. The first-order valence-corrected chi connectivity index (χ1v) is 9.88. The Bertz CT molecular complexity index is 1000. The number of benzene rings is 2. The zero-order valence-corrected chi connectivity index (χ0v) is 16.8. The number of aliphatic hydroxyl groups excluding tert-OH is 1. The molecule has 3 aromatic rings. The molecular formula is C21H20BrF3N2O. The standard InChI is InChI=1S/C21H20BrF3N2O/c1-12-8-17-16-7-6-15(23)9-18(16)26-19(17)20(13-2-4-14(22)5-3-13)27(12)10-21(24,25)11-28/h2-7,9,12,20,26,28H,8,10-11H2,1H3. The van der Waals surface area contributed by atoms with Crippen molar-refractivity contribution in [1.29, 1.82) is 0 Å². The summed E-state index contributed by atoms with van der Waals surface area (Å²) in [5.74, 6) is -3.56. The number of nitrogens with zero attached hydrogens (tertiary/aromatic N) is 1. The molecule has 2 heterocycles. The summed E-state index contributed by atoms with van der Waals surface area (Å²) >= 11 is 3.41. The van der Waals surface area contributed by atoms with Gasteiger partial charge in [0.05, 0.1) is 12.6 Å². The number of rotatable bonds is 4. The lowest BCUT2D eigenvalue weighted by molar-refractivity contribution is -0.0864. The summed E-state index contributed by atoms with van der Waals surface area (Å²) in [6.45, 7) is 0.146. The van der Waals surface area contributed by atoms with Crippen molar-refractivity contribution in [2.24, 2.45) is 0 Å². The predicted octanol–water partition coefficient (Wildman–Crippen LogP) is 5.03. The summed E-state index contributed by atoms with van der Waals surface area (Å²) in [4.78, 5) is 4.99. The minimum absolute atomic E-state index is 0.178. The highest BCUT2D eigenvalue weighted by Gasteiger charge is 2.41. The minimum Gasteiger partial charge on any atom is -0.390 e. The van der Waals surface area contributed by atoms with E-state index in [1.165, 1.54) is 12.1 Å². The average molecular weight is 453 g/mol. The Morgan fingerprint density at radius 2 is 1.93 bits per heavy atom. The fourth-order valence-corrected chi connectivity index (χ4v) is 4.37. The van der Waals surface area contributed by atoms with Crippen LogP contribution < -0.4 is 0 Å². The van der Waals surface area contributed by atoms with Crippen LogP contribution in [0.1, 0.15) is 29.8 Å². The number of alkyl halides is 2. The summed E-state index contributed by atoms with van der Waals surface area (Å²) in [7, 11) is 0. The topological polar surface area (TPSA) is 39.3 Å². The van der Waals surface area contributed by atoms with E-state index in [1.807, 2.05) is 31.2 Å². The second-order valence-electron chi connectivity index (χ2n) is 7.40. The van der Waals surface area contributed by atoms with Crippen LogP contribution in [-0.4, -0.2) is 40.1 Å². The molecule has 1 aromatic heterocycles. The Balaban J connectivity index is 1.89. The number of aromatic nitrogens is 1. The van der Waals surface area contributed by atoms with Crippen molar-refractivity contribution < 1.29 is 18.3 Å². The van der Waals surface area contributed by atoms with Crippen LogP contribution in [0.15, 0.2) is 46.9 Å². The molecule has 0 fully saturated rings. The summed E-state index contributed by atoms with van der Waals surface area (Å²) in [6.07, 6.45) is 0.565. The first-order chi connectivity index (χ1) is 13.3. The molecule has 1 aliphatic heterocycles. The molecule has 7 heteroatoms. The Labute approximate surface area is 169 Å². The third-order valence-electron chi connectivity index (χ3n) is 5.40. The summed E-state index contributed by atoms with van der Waals surface area (Å²) in [5.41, 5.74) is 3.35. The summed E-state index contributed by atoms with van der Waals surface area (Å²) in [6, 6.07) is 11.5. The molecule has 0 amide bonds. The van der Waals surface area contributed by atoms with Gasteiger partial charge in [-0.1, -0.05) is 28.1 Å². The van der Waals surface area contributed by atoms with Gasteiger partial charge < -0.3 is 10.1 Å². The van der Waals surface area contributed by atoms with Gasteiger partial charge in [-0.05, 0) is 54.8 Å². The van der Waals surface area contributed by atoms with Crippen LogP contribution in [-0.2, 0) is 6.42 Å². The maximum absolute atomic E-state index is 14.1. The van der Waals surface area contributed by atoms with Crippen molar-refractivity contribution in [3.8, 4) is 0 Å². The molecule has 0 bridgehead atoms. The van der Waals surface area contributed by atoms with Gasteiger partial charge in [-0.25, -0.2) is 13.2 Å². The van der Waals surface area contributed by atoms with Crippen LogP contribution in [0.4, 0.5) is 13.2 Å². The van der Waals surface area contributed by atoms with E-state index in [-0.39, 0.29) is 11.9 Å². The van der Waals surface area contributed by atoms with E-state index >= 15 is 0 Å². The Morgan fingerprint density at radius 3 is 2.61 bits per heavy atom. The third-order valence-corrected chi connectivity index (χ3v) is 5.93. The fraction of sp³-hybridized carbons (Fsp3) is 0.333. The third kappa shape index (κ3) is 3.47. The number of aliphatic hydroxyl groups is 1. The van der Waals surface area contributed by atoms with Crippen LogP contribution in [0.5, 0.6) is 0 Å². The highest BCUT2D eigenvalue weighted by molar-refractivity contribution is 9.10. The number of hydrogen-bond acceptors (Lipinski definition) is 2. The quantitative estimate of drug-likeness (QED) is 0.582. The number of halogens is 4. The van der Waals surface area contributed by atoms with Gasteiger partial charge in [0.2, 0.25) is 0 Å². The molecule has 0 saturated heterocycles. The molecule has 3 nitrogen and oxygen atoms in total. The summed E-state index contributed by atoms with van der Waals surface area (Å²) in [5, 5.41) is 10.0. The van der Waals surface area contributed by atoms with Crippen molar-refractivity contribution >= 4 is 26.8 Å². The number of hydrogen-bond donors (Lipinski definition) is 2. The first-order valence-electron chi connectivity index (χ1n) is 9.09. The van der Waals surface area contributed by atoms with Gasteiger partial charge in [-0.3, -0.25) is 4.90 Å². The lowest BCUT2D eigenvalue weighted by Crippen LogP contribution is -2.49. The van der Waals surface area contributed by atoms with Crippen molar-refractivity contribution in [3.05, 3.63) is 69.6 Å². The first kappa shape index (κ1) is 19.5. The van der Waals surface area contributed by atoms with Gasteiger partial charge in [0.25, 0.3) is 5.92 Å². The smallest absolute Gasteiger partial charge is 0.283 e. The van der Waals surface area contributed by atoms with Crippen molar-refractivity contribution in [3.63, 3.8) is 0 Å². The van der Waals surface area contributed by atoms with Gasteiger partial charge >= 0.3 is 0 Å². The van der Waals surface area contributed by atoms with Crippen molar-refractivity contribution in [1.82, 2.24) is 9.88 Å². The molecule has 0 radical (unpaired) electrons. The molecule has 0 saturated carbocycles. The molecule has 0 spiro atoms. The molecule has 2 unspecified atom stereocenters. The Hall–Kier alpha value is -1.83. The van der Waals surface area contributed by atoms with Gasteiger partial charge in [0.1, 0.15) is 12.4 Å². The second kappa shape index (κ2) is 7.21. The monoisotopic (exact) mass is 452 g/mol. The van der Waals surface area contributed by atoms with E-state index in [2.05, 4.69) is 20.9 Å². The van der Waals surface area contributed by atoms with E-state index in [0.29, 0.717) is 11.9 Å². The highest BCUT2D eigenvalue weighted by atomic mass is 79.9. The lowest BCUT2D eigenvalue weighted by Gasteiger charge is -2.42. The Kier molecular flexibility index (Phi) is 5.02. The molecule has 148 valence electrons. The van der Waals surface area contributed by atoms with Gasteiger partial charge in [0, 0.05) is 27.1 Å². The molecular weight excluding hydrogens is 433 g/mol. The molecule has 28 heavy (non-hydrogen) atoms. The predicted molar refractivity (Wildman–Crippen MR) is 106 cm³/mol. The fourth-order valence-electron chi connectivity index (χ4n) is 4.10. The number of aromatic amines is 1. The van der Waals surface area contributed by atoms with Crippen LogP contribution in [0.2, 0.25) is 0 Å². The second-order valence-corrected chi connectivity index (χ2v) is 8.32. The minimum atomic E-state index is -3.21. The number of H-pyrrole nitrogens is 1. The van der Waals surface area contributed by atoms with E-state index in [0.717, 1.165) is 26.7 Å². The van der Waals surface area contributed by atoms with Crippen molar-refractivity contribution in [2.45, 2.75) is 31.4 Å². The van der Waals surface area contributed by atoms with Crippen LogP contribution >= 0.6 is 15.9 Å². The van der Waals surface area contributed by atoms with Gasteiger partial charge in [0.15, 0.2) is 0 Å². The SMILES string of the molecule is CC1Cc2c([nH]c3cc(F)ccc23)C(c2ccc(Br)cc2)N1CC(F)(F)CO. The molecule has 4 rings (SSSR count). The lowest BCUT2D eigenvalue weighted by atomic mass is 9.88. The highest BCUT2D eigenvalue weighted by Crippen LogP contribution is 2.42. The molecule has 2 aromatic carbocycles. The summed E-state index contributed by atoms with van der Waals surface area (Å²) < 4.78 is 42.9. The number of fused-ring (bicyclic) bond motifs is 3. The van der Waals surface area contributed by atoms with E-state index in [9.17, 15) is 13.2 Å². The Morgan fingerprint density at radius 1 is 1.21 bits per heavy atom. The van der Waals surface area contributed by atoms with Gasteiger partial charge in [-0.2, -0.15) is 0 Å². The maximum Gasteiger partial charge on any atom is 0.283 e. The van der Waals surface area contributed by atoms with Crippen LogP contribution in [0, 0.1) is 5.82 Å². The van der Waals surface area contributed by atoms with Gasteiger partial charge in [-0.15, -0.1) is 0 Å². The normalized spacial score (nSPS) is 20.5. The zero-order chi connectivity index (χ0) is 20.1. The molecule has 2 atom stereocenters. The average Bonchev–Trinajstić information content (AvgIpc) is 3.00. The zero-order valence-electron chi connectivity index (χ0n) is 15.2. The van der Waals surface area contributed by atoms with Crippen molar-refractivity contribution in [2.75, 3.05) is 13.2 Å². The van der Waals surface area contributed by atoms with E-state index < -0.39 is 25.1 Å². The van der Waals surface area contributed by atoms with Crippen LogP contribution in [0.3, 0.4) is 0 Å². The molecule has 1 aliphatic rings. The maximum atomic E-state index is 14.1. The van der Waals surface area contributed by atoms with E-state index in [4.69, 9.17) is 5.11 Å². The molecule has 2 N–H and O–H groups in total. The number of nitrogens with one attached hydrogen (secondary N) is 1.